The number of nitrogens with one attached hydrogen (secondary N) is 2. The molecule has 33 heavy (non-hydrogen) atoms. The van der Waals surface area contributed by atoms with Crippen LogP contribution in [0.2, 0.25) is 0 Å². The summed E-state index contributed by atoms with van der Waals surface area (Å²) in [4.78, 5) is 11.8. The van der Waals surface area contributed by atoms with Crippen LogP contribution < -0.4 is 14.8 Å². The third kappa shape index (κ3) is 7.52. The van der Waals surface area contributed by atoms with E-state index in [4.69, 9.17) is 4.74 Å². The van der Waals surface area contributed by atoms with Crippen LogP contribution in [-0.2, 0) is 21.0 Å². The standard InChI is InChI=1S/C23H25F3N2O4S/c24-23(25,26)18-7-4-8-19(15-18)28-33(30,31)21-11-9-20(10-12-21)32-16-22(29)27-14-13-17-5-2-1-3-6-17/h4-5,7-12,15,28H,1-3,6,13-14,16H2,(H,27,29). The van der Waals surface area contributed by atoms with Crippen LogP contribution in [0, 0.1) is 0 Å². The number of halogens is 3. The second kappa shape index (κ2) is 10.7. The molecule has 3 rings (SSSR count). The highest BCUT2D eigenvalue weighted by atomic mass is 32.2. The predicted molar refractivity (Wildman–Crippen MR) is 118 cm³/mol. The lowest BCUT2D eigenvalue weighted by Crippen LogP contribution is -2.30. The number of sulfonamides is 1. The molecule has 2 aromatic carbocycles. The summed E-state index contributed by atoms with van der Waals surface area (Å²) in [7, 11) is -4.10. The van der Waals surface area contributed by atoms with Crippen LogP contribution >= 0.6 is 0 Å². The Morgan fingerprint density at radius 1 is 1.06 bits per heavy atom. The van der Waals surface area contributed by atoms with Crippen molar-refractivity contribution in [2.75, 3.05) is 17.9 Å². The molecule has 0 fully saturated rings. The van der Waals surface area contributed by atoms with E-state index in [1.165, 1.54) is 48.7 Å². The molecule has 1 aliphatic carbocycles. The highest BCUT2D eigenvalue weighted by Gasteiger charge is 2.30. The molecule has 10 heteroatoms. The summed E-state index contributed by atoms with van der Waals surface area (Å²) in [6.07, 6.45) is 3.02. The van der Waals surface area contributed by atoms with Gasteiger partial charge in [0, 0.05) is 12.2 Å². The summed E-state index contributed by atoms with van der Waals surface area (Å²) in [5, 5.41) is 2.79. The van der Waals surface area contributed by atoms with Gasteiger partial charge < -0.3 is 10.1 Å². The number of ether oxygens (including phenoxy) is 1. The zero-order valence-electron chi connectivity index (χ0n) is 17.8. The first kappa shape index (κ1) is 24.6. The molecule has 0 heterocycles. The maximum atomic E-state index is 12.8. The first-order chi connectivity index (χ1) is 15.6. The van der Waals surface area contributed by atoms with E-state index < -0.39 is 21.8 Å². The van der Waals surface area contributed by atoms with Crippen molar-refractivity contribution in [3.05, 3.63) is 65.7 Å². The fraction of sp³-hybridized carbons (Fsp3) is 0.348. The van der Waals surface area contributed by atoms with Crippen LogP contribution in [-0.4, -0.2) is 27.5 Å². The topological polar surface area (TPSA) is 84.5 Å². The number of hydrogen-bond donors (Lipinski definition) is 2. The van der Waals surface area contributed by atoms with Crippen molar-refractivity contribution in [1.29, 1.82) is 0 Å². The fourth-order valence-electron chi connectivity index (χ4n) is 3.38. The maximum absolute atomic E-state index is 12.8. The molecule has 0 aliphatic heterocycles. The highest BCUT2D eigenvalue weighted by Crippen LogP contribution is 2.31. The quantitative estimate of drug-likeness (QED) is 0.499. The van der Waals surface area contributed by atoms with Crippen LogP contribution in [0.25, 0.3) is 0 Å². The van der Waals surface area contributed by atoms with Crippen molar-refractivity contribution in [3.8, 4) is 5.75 Å². The number of allylic oxidation sites excluding steroid dienone is 1. The van der Waals surface area contributed by atoms with Crippen LogP contribution in [0.1, 0.15) is 37.7 Å². The molecule has 6 nitrogen and oxygen atoms in total. The lowest BCUT2D eigenvalue weighted by Gasteiger charge is -2.13. The van der Waals surface area contributed by atoms with Gasteiger partial charge in [-0.2, -0.15) is 13.2 Å². The van der Waals surface area contributed by atoms with Gasteiger partial charge in [-0.25, -0.2) is 8.42 Å². The van der Waals surface area contributed by atoms with Gasteiger partial charge in [-0.3, -0.25) is 9.52 Å². The lowest BCUT2D eigenvalue weighted by molar-refractivity contribution is -0.137. The zero-order valence-corrected chi connectivity index (χ0v) is 18.6. The molecule has 0 saturated carbocycles. The average molecular weight is 483 g/mol. The summed E-state index contributed by atoms with van der Waals surface area (Å²) in [5.74, 6) is 0.00692. The Morgan fingerprint density at radius 3 is 2.48 bits per heavy atom. The third-order valence-corrected chi connectivity index (χ3v) is 6.50. The predicted octanol–water partition coefficient (Wildman–Crippen LogP) is 4.89. The fourth-order valence-corrected chi connectivity index (χ4v) is 4.43. The molecule has 2 N–H and O–H groups in total. The van der Waals surface area contributed by atoms with Gasteiger partial charge in [0.1, 0.15) is 5.75 Å². The van der Waals surface area contributed by atoms with Crippen LogP contribution in [0.4, 0.5) is 18.9 Å². The van der Waals surface area contributed by atoms with Gasteiger partial charge in [0.15, 0.2) is 6.61 Å². The second-order valence-electron chi connectivity index (χ2n) is 7.65. The van der Waals surface area contributed by atoms with Gasteiger partial charge in [0.25, 0.3) is 15.9 Å². The molecule has 0 spiro atoms. The van der Waals surface area contributed by atoms with E-state index in [-0.39, 0.29) is 28.8 Å². The molecule has 0 unspecified atom stereocenters. The summed E-state index contributed by atoms with van der Waals surface area (Å²) >= 11 is 0. The number of carbonyl (C=O) groups is 1. The molecule has 0 atom stereocenters. The van der Waals surface area contributed by atoms with Crippen molar-refractivity contribution < 1.29 is 31.1 Å². The Morgan fingerprint density at radius 2 is 1.82 bits per heavy atom. The van der Waals surface area contributed by atoms with Crippen LogP contribution in [0.5, 0.6) is 5.75 Å². The summed E-state index contributed by atoms with van der Waals surface area (Å²) in [6.45, 7) is 0.319. The largest absolute Gasteiger partial charge is 0.484 e. The van der Waals surface area contributed by atoms with Gasteiger partial charge >= 0.3 is 6.18 Å². The minimum atomic E-state index is -4.58. The highest BCUT2D eigenvalue weighted by molar-refractivity contribution is 7.92. The number of rotatable bonds is 9. The van der Waals surface area contributed by atoms with Gasteiger partial charge in [0.05, 0.1) is 10.5 Å². The zero-order chi connectivity index (χ0) is 23.9. The molecule has 0 radical (unpaired) electrons. The van der Waals surface area contributed by atoms with Gasteiger partial charge in [-0.15, -0.1) is 0 Å². The number of alkyl halides is 3. The van der Waals surface area contributed by atoms with Gasteiger partial charge in [-0.1, -0.05) is 17.7 Å². The van der Waals surface area contributed by atoms with Crippen LogP contribution in [0.15, 0.2) is 65.1 Å². The van der Waals surface area contributed by atoms with E-state index >= 15 is 0 Å². The van der Waals surface area contributed by atoms with E-state index in [2.05, 4.69) is 16.1 Å². The third-order valence-electron chi connectivity index (χ3n) is 5.10. The Labute approximate surface area is 190 Å². The molecule has 2 aromatic rings. The van der Waals surface area contributed by atoms with Crippen molar-refractivity contribution in [2.24, 2.45) is 0 Å². The smallest absolute Gasteiger partial charge is 0.416 e. The second-order valence-corrected chi connectivity index (χ2v) is 9.33. The van der Waals surface area contributed by atoms with Gasteiger partial charge in [0.2, 0.25) is 0 Å². The van der Waals surface area contributed by atoms with E-state index in [9.17, 15) is 26.4 Å². The number of benzene rings is 2. The SMILES string of the molecule is O=C(COc1ccc(S(=O)(=O)Nc2cccc(C(F)(F)F)c2)cc1)NCCC1=CCCCC1. The van der Waals surface area contributed by atoms with E-state index in [0.29, 0.717) is 6.54 Å². The molecule has 0 bridgehead atoms. The molecule has 1 aliphatic rings. The van der Waals surface area contributed by atoms with Crippen molar-refractivity contribution in [3.63, 3.8) is 0 Å². The normalized spacial score (nSPS) is 14.3. The van der Waals surface area contributed by atoms with E-state index in [1.54, 1.807) is 0 Å². The van der Waals surface area contributed by atoms with Crippen molar-refractivity contribution >= 4 is 21.6 Å². The Bertz CT molecular complexity index is 1100. The Hall–Kier alpha value is -3.01. The number of amides is 1. The first-order valence-corrected chi connectivity index (χ1v) is 12.0. The number of hydrogen-bond acceptors (Lipinski definition) is 4. The minimum Gasteiger partial charge on any atom is -0.484 e. The van der Waals surface area contributed by atoms with E-state index in [0.717, 1.165) is 37.5 Å². The molecule has 1 amide bonds. The van der Waals surface area contributed by atoms with Gasteiger partial charge in [-0.05, 0) is 74.6 Å². The maximum Gasteiger partial charge on any atom is 0.416 e. The summed E-state index contributed by atoms with van der Waals surface area (Å²) < 4.78 is 71.0. The molecule has 0 saturated heterocycles. The molecular weight excluding hydrogens is 457 g/mol. The number of anilines is 1. The number of carbonyl (C=O) groups excluding carboxylic acids is 1. The molecule has 0 aromatic heterocycles. The lowest BCUT2D eigenvalue weighted by atomic mass is 9.97. The van der Waals surface area contributed by atoms with Crippen molar-refractivity contribution in [2.45, 2.75) is 43.2 Å². The summed E-state index contributed by atoms with van der Waals surface area (Å²) in [5.41, 5.74) is 0.198. The molecular formula is C23H25F3N2O4S. The minimum absolute atomic E-state index is 0.155. The first-order valence-electron chi connectivity index (χ1n) is 10.5. The average Bonchev–Trinajstić information content (AvgIpc) is 2.78. The Balaban J connectivity index is 1.50. The van der Waals surface area contributed by atoms with Crippen LogP contribution in [0.3, 0.4) is 0 Å². The van der Waals surface area contributed by atoms with Crippen molar-refractivity contribution in [1.82, 2.24) is 5.32 Å². The monoisotopic (exact) mass is 482 g/mol. The Kier molecular flexibility index (Phi) is 8.01. The molecule has 178 valence electrons. The summed E-state index contributed by atoms with van der Waals surface area (Å²) in [6, 6.07) is 9.17. The van der Waals surface area contributed by atoms with E-state index in [1.807, 2.05) is 0 Å².